The molecule has 98 valence electrons. The van der Waals surface area contributed by atoms with Crippen molar-refractivity contribution in [2.75, 3.05) is 13.1 Å². The Morgan fingerprint density at radius 2 is 1.79 bits per heavy atom. The van der Waals surface area contributed by atoms with Crippen LogP contribution in [-0.2, 0) is 4.79 Å². The molecule has 1 aromatic rings. The predicted octanol–water partition coefficient (Wildman–Crippen LogP) is 2.00. The van der Waals surface area contributed by atoms with E-state index in [1.54, 1.807) is 36.1 Å². The van der Waals surface area contributed by atoms with Crippen LogP contribution >= 0.6 is 0 Å². The number of ketones is 1. The summed E-state index contributed by atoms with van der Waals surface area (Å²) in [5, 5.41) is 8.72. The molecular weight excluding hydrogens is 240 g/mol. The summed E-state index contributed by atoms with van der Waals surface area (Å²) < 4.78 is 0. The van der Waals surface area contributed by atoms with Gasteiger partial charge in [0.25, 0.3) is 0 Å². The Bertz CT molecular complexity index is 520. The number of hydrogen-bond donors (Lipinski definition) is 0. The van der Waals surface area contributed by atoms with Gasteiger partial charge in [-0.25, -0.2) is 0 Å². The first-order valence-corrected chi connectivity index (χ1v) is 6.41. The summed E-state index contributed by atoms with van der Waals surface area (Å²) in [5.74, 6) is 0.181. The summed E-state index contributed by atoms with van der Waals surface area (Å²) in [7, 11) is 0. The lowest BCUT2D eigenvalue weighted by Crippen LogP contribution is -2.39. The number of likely N-dealkylation sites (tertiary alicyclic amines) is 1. The van der Waals surface area contributed by atoms with Crippen molar-refractivity contribution in [2.24, 2.45) is 5.92 Å². The van der Waals surface area contributed by atoms with Gasteiger partial charge in [-0.2, -0.15) is 5.26 Å². The van der Waals surface area contributed by atoms with Gasteiger partial charge in [0.2, 0.25) is 5.91 Å². The molecule has 4 heteroatoms. The number of rotatable bonds is 2. The first kappa shape index (κ1) is 13.3. The second kappa shape index (κ2) is 5.66. The molecule has 0 atom stereocenters. The maximum absolute atomic E-state index is 12.3. The molecule has 1 saturated heterocycles. The number of hydrogen-bond acceptors (Lipinski definition) is 3. The molecule has 1 heterocycles. The maximum Gasteiger partial charge on any atom is 0.219 e. The lowest BCUT2D eigenvalue weighted by molar-refractivity contribution is -0.130. The van der Waals surface area contributed by atoms with Gasteiger partial charge in [0.1, 0.15) is 0 Å². The van der Waals surface area contributed by atoms with E-state index in [1.807, 2.05) is 6.07 Å². The van der Waals surface area contributed by atoms with Crippen molar-refractivity contribution in [3.8, 4) is 6.07 Å². The van der Waals surface area contributed by atoms with Gasteiger partial charge in [0, 0.05) is 31.5 Å². The fourth-order valence-electron chi connectivity index (χ4n) is 2.40. The van der Waals surface area contributed by atoms with Crippen LogP contribution in [0.1, 0.15) is 35.7 Å². The van der Waals surface area contributed by atoms with Crippen molar-refractivity contribution in [1.29, 1.82) is 5.26 Å². The Kier molecular flexibility index (Phi) is 3.96. The van der Waals surface area contributed by atoms with Crippen LogP contribution in [0.4, 0.5) is 0 Å². The van der Waals surface area contributed by atoms with Crippen LogP contribution in [0.3, 0.4) is 0 Å². The minimum atomic E-state index is -0.0106. The molecule has 0 bridgehead atoms. The summed E-state index contributed by atoms with van der Waals surface area (Å²) >= 11 is 0. The van der Waals surface area contributed by atoms with Crippen LogP contribution in [0.5, 0.6) is 0 Å². The van der Waals surface area contributed by atoms with Crippen molar-refractivity contribution in [3.63, 3.8) is 0 Å². The molecule has 1 amide bonds. The maximum atomic E-state index is 12.3. The number of carbonyl (C=O) groups excluding carboxylic acids is 2. The zero-order valence-corrected chi connectivity index (χ0v) is 10.9. The number of piperidine rings is 1. The van der Waals surface area contributed by atoms with Crippen LogP contribution < -0.4 is 0 Å². The standard InChI is InChI=1S/C15H16N2O2/c1-11(18)17-8-6-14(7-9-17)15(19)13-4-2-12(10-16)3-5-13/h2-5,14H,6-9H2,1H3. The first-order valence-electron chi connectivity index (χ1n) is 6.41. The third-order valence-electron chi connectivity index (χ3n) is 3.61. The van der Waals surface area contributed by atoms with Crippen LogP contribution in [0.2, 0.25) is 0 Å². The second-order valence-corrected chi connectivity index (χ2v) is 4.83. The molecule has 4 nitrogen and oxygen atoms in total. The third-order valence-corrected chi connectivity index (χ3v) is 3.61. The van der Waals surface area contributed by atoms with E-state index >= 15 is 0 Å². The Balaban J connectivity index is 2.01. The minimum absolute atomic E-state index is 0.0106. The van der Waals surface area contributed by atoms with E-state index < -0.39 is 0 Å². The lowest BCUT2D eigenvalue weighted by atomic mass is 9.88. The fraction of sp³-hybridized carbons (Fsp3) is 0.400. The normalized spacial score (nSPS) is 15.9. The third kappa shape index (κ3) is 3.00. The molecule has 1 aliphatic heterocycles. The summed E-state index contributed by atoms with van der Waals surface area (Å²) in [4.78, 5) is 25.3. The molecule has 0 radical (unpaired) electrons. The molecule has 1 aromatic carbocycles. The van der Waals surface area contributed by atoms with Crippen LogP contribution in [0.15, 0.2) is 24.3 Å². The van der Waals surface area contributed by atoms with Crippen molar-refractivity contribution in [3.05, 3.63) is 35.4 Å². The van der Waals surface area contributed by atoms with Gasteiger partial charge in [0.15, 0.2) is 5.78 Å². The topological polar surface area (TPSA) is 61.2 Å². The predicted molar refractivity (Wildman–Crippen MR) is 70.5 cm³/mol. The molecule has 0 unspecified atom stereocenters. The number of carbonyl (C=O) groups is 2. The Hall–Kier alpha value is -2.15. The van der Waals surface area contributed by atoms with Crippen LogP contribution in [0, 0.1) is 17.2 Å². The van der Waals surface area contributed by atoms with Crippen molar-refractivity contribution in [2.45, 2.75) is 19.8 Å². The second-order valence-electron chi connectivity index (χ2n) is 4.83. The number of nitriles is 1. The highest BCUT2D eigenvalue weighted by atomic mass is 16.2. The first-order chi connectivity index (χ1) is 9.11. The quantitative estimate of drug-likeness (QED) is 0.760. The summed E-state index contributed by atoms with van der Waals surface area (Å²) in [6, 6.07) is 8.78. The van der Waals surface area contributed by atoms with E-state index in [4.69, 9.17) is 5.26 Å². The molecule has 0 spiro atoms. The minimum Gasteiger partial charge on any atom is -0.343 e. The molecular formula is C15H16N2O2. The Morgan fingerprint density at radius 1 is 1.21 bits per heavy atom. The molecule has 1 aliphatic rings. The lowest BCUT2D eigenvalue weighted by Gasteiger charge is -2.30. The number of benzene rings is 1. The average molecular weight is 256 g/mol. The summed E-state index contributed by atoms with van der Waals surface area (Å²) in [6.07, 6.45) is 1.44. The highest BCUT2D eigenvalue weighted by Gasteiger charge is 2.26. The van der Waals surface area contributed by atoms with E-state index in [0.29, 0.717) is 24.2 Å². The van der Waals surface area contributed by atoms with Gasteiger partial charge in [-0.05, 0) is 25.0 Å². The van der Waals surface area contributed by atoms with Crippen LogP contribution in [-0.4, -0.2) is 29.7 Å². The van der Waals surface area contributed by atoms with Gasteiger partial charge in [-0.3, -0.25) is 9.59 Å². The molecule has 0 aliphatic carbocycles. The van der Waals surface area contributed by atoms with Crippen molar-refractivity contribution >= 4 is 11.7 Å². The monoisotopic (exact) mass is 256 g/mol. The van der Waals surface area contributed by atoms with E-state index in [-0.39, 0.29) is 17.6 Å². The van der Waals surface area contributed by atoms with Crippen molar-refractivity contribution in [1.82, 2.24) is 4.90 Å². The molecule has 1 fully saturated rings. The zero-order chi connectivity index (χ0) is 13.8. The number of Topliss-reactive ketones (excluding diaryl/α,β-unsaturated/α-hetero) is 1. The van der Waals surface area contributed by atoms with Gasteiger partial charge < -0.3 is 4.90 Å². The molecule has 0 N–H and O–H groups in total. The van der Waals surface area contributed by atoms with E-state index in [1.165, 1.54) is 0 Å². The number of amides is 1. The number of nitrogens with zero attached hydrogens (tertiary/aromatic N) is 2. The smallest absolute Gasteiger partial charge is 0.219 e. The molecule has 0 saturated carbocycles. The summed E-state index contributed by atoms with van der Waals surface area (Å²) in [5.41, 5.74) is 1.21. The van der Waals surface area contributed by atoms with Gasteiger partial charge in [-0.15, -0.1) is 0 Å². The highest BCUT2D eigenvalue weighted by molar-refractivity contribution is 5.98. The van der Waals surface area contributed by atoms with Crippen LogP contribution in [0.25, 0.3) is 0 Å². The van der Waals surface area contributed by atoms with E-state index in [2.05, 4.69) is 0 Å². The average Bonchev–Trinajstić information content (AvgIpc) is 2.46. The largest absolute Gasteiger partial charge is 0.343 e. The molecule has 0 aromatic heterocycles. The molecule has 19 heavy (non-hydrogen) atoms. The Morgan fingerprint density at radius 3 is 2.26 bits per heavy atom. The van der Waals surface area contributed by atoms with Crippen molar-refractivity contribution < 1.29 is 9.59 Å². The van der Waals surface area contributed by atoms with Gasteiger partial charge in [-0.1, -0.05) is 12.1 Å². The zero-order valence-electron chi connectivity index (χ0n) is 10.9. The fourth-order valence-corrected chi connectivity index (χ4v) is 2.40. The molecule has 2 rings (SSSR count). The summed E-state index contributed by atoms with van der Waals surface area (Å²) in [6.45, 7) is 2.87. The van der Waals surface area contributed by atoms with E-state index in [0.717, 1.165) is 12.8 Å². The highest BCUT2D eigenvalue weighted by Crippen LogP contribution is 2.22. The van der Waals surface area contributed by atoms with E-state index in [9.17, 15) is 9.59 Å². The SMILES string of the molecule is CC(=O)N1CCC(C(=O)c2ccc(C#N)cc2)CC1. The van der Waals surface area contributed by atoms with Gasteiger partial charge >= 0.3 is 0 Å². The van der Waals surface area contributed by atoms with Gasteiger partial charge in [0.05, 0.1) is 11.6 Å². The Labute approximate surface area is 112 Å².